The molecule has 0 fully saturated rings. The van der Waals surface area contributed by atoms with E-state index < -0.39 is 0 Å². The van der Waals surface area contributed by atoms with Crippen molar-refractivity contribution in [2.45, 2.75) is 0 Å². The van der Waals surface area contributed by atoms with Crippen molar-refractivity contribution < 1.29 is 4.79 Å². The van der Waals surface area contributed by atoms with Crippen LogP contribution in [-0.2, 0) is 0 Å². The van der Waals surface area contributed by atoms with Crippen LogP contribution in [0.25, 0.3) is 22.2 Å². The van der Waals surface area contributed by atoms with Crippen LogP contribution in [0.3, 0.4) is 0 Å². The summed E-state index contributed by atoms with van der Waals surface area (Å²) in [5.74, 6) is 0. The monoisotopic (exact) mass is 289 g/mol. The van der Waals surface area contributed by atoms with E-state index in [9.17, 15) is 4.79 Å². The Morgan fingerprint density at radius 3 is 2.32 bits per heavy atom. The second kappa shape index (κ2) is 4.72. The van der Waals surface area contributed by atoms with Gasteiger partial charge in [-0.15, -0.1) is 0 Å². The maximum atomic E-state index is 11.4. The number of benzene rings is 2. The van der Waals surface area contributed by atoms with E-state index in [1.165, 1.54) is 0 Å². The summed E-state index contributed by atoms with van der Waals surface area (Å²) in [7, 11) is 0. The van der Waals surface area contributed by atoms with Gasteiger partial charge in [0.25, 0.3) is 0 Å². The van der Waals surface area contributed by atoms with Crippen LogP contribution in [0.4, 0.5) is 0 Å². The largest absolute Gasteiger partial charge is 0.354 e. The summed E-state index contributed by atoms with van der Waals surface area (Å²) in [6.45, 7) is 0. The molecule has 0 aliphatic heterocycles. The SMILES string of the molecule is O=Cc1c(-c2ccc(Cl)cc2)[nH]c2ccc(Cl)cc12. The molecular weight excluding hydrogens is 281 g/mol. The number of carbonyl (C=O) groups excluding carboxylic acids is 1. The van der Waals surface area contributed by atoms with Gasteiger partial charge in [-0.1, -0.05) is 35.3 Å². The van der Waals surface area contributed by atoms with Crippen molar-refractivity contribution in [3.05, 3.63) is 58.1 Å². The van der Waals surface area contributed by atoms with E-state index in [1.54, 1.807) is 24.3 Å². The van der Waals surface area contributed by atoms with Crippen LogP contribution in [0.15, 0.2) is 42.5 Å². The minimum absolute atomic E-state index is 0.609. The van der Waals surface area contributed by atoms with Gasteiger partial charge in [-0.2, -0.15) is 0 Å². The molecule has 0 bridgehead atoms. The molecule has 2 aromatic carbocycles. The Kier molecular flexibility index (Phi) is 3.05. The van der Waals surface area contributed by atoms with Crippen LogP contribution >= 0.6 is 23.2 Å². The number of rotatable bonds is 2. The van der Waals surface area contributed by atoms with E-state index in [4.69, 9.17) is 23.2 Å². The van der Waals surface area contributed by atoms with E-state index in [2.05, 4.69) is 4.98 Å². The zero-order chi connectivity index (χ0) is 13.4. The molecule has 4 heteroatoms. The van der Waals surface area contributed by atoms with Gasteiger partial charge in [-0.05, 0) is 35.9 Å². The first-order valence-electron chi connectivity index (χ1n) is 5.71. The van der Waals surface area contributed by atoms with Crippen molar-refractivity contribution in [1.29, 1.82) is 0 Å². The van der Waals surface area contributed by atoms with Crippen molar-refractivity contribution in [2.75, 3.05) is 0 Å². The lowest BCUT2D eigenvalue weighted by molar-refractivity contribution is 0.112. The van der Waals surface area contributed by atoms with Crippen LogP contribution < -0.4 is 0 Å². The van der Waals surface area contributed by atoms with E-state index in [0.717, 1.165) is 28.4 Å². The van der Waals surface area contributed by atoms with Gasteiger partial charge in [0.1, 0.15) is 0 Å². The van der Waals surface area contributed by atoms with Crippen molar-refractivity contribution in [3.8, 4) is 11.3 Å². The molecule has 0 unspecified atom stereocenters. The summed E-state index contributed by atoms with van der Waals surface area (Å²) in [6.07, 6.45) is 0.846. The number of aromatic nitrogens is 1. The van der Waals surface area contributed by atoms with Gasteiger partial charge in [0.05, 0.1) is 5.69 Å². The fourth-order valence-electron chi connectivity index (χ4n) is 2.15. The van der Waals surface area contributed by atoms with Crippen LogP contribution in [0, 0.1) is 0 Å². The van der Waals surface area contributed by atoms with E-state index >= 15 is 0 Å². The molecule has 0 amide bonds. The third kappa shape index (κ3) is 2.14. The molecule has 94 valence electrons. The highest BCUT2D eigenvalue weighted by Crippen LogP contribution is 2.31. The first kappa shape index (κ1) is 12.3. The predicted molar refractivity (Wildman–Crippen MR) is 79.1 cm³/mol. The molecule has 0 spiro atoms. The maximum absolute atomic E-state index is 11.4. The summed E-state index contributed by atoms with van der Waals surface area (Å²) >= 11 is 11.9. The van der Waals surface area contributed by atoms with Gasteiger partial charge < -0.3 is 4.98 Å². The molecule has 0 aliphatic carbocycles. The molecule has 0 radical (unpaired) electrons. The second-order valence-corrected chi connectivity index (χ2v) is 5.10. The quantitative estimate of drug-likeness (QED) is 0.665. The lowest BCUT2D eigenvalue weighted by atomic mass is 10.1. The highest BCUT2D eigenvalue weighted by Gasteiger charge is 2.12. The zero-order valence-electron chi connectivity index (χ0n) is 9.78. The summed E-state index contributed by atoms with van der Waals surface area (Å²) in [5, 5.41) is 2.10. The molecule has 19 heavy (non-hydrogen) atoms. The van der Waals surface area contributed by atoms with Crippen molar-refractivity contribution >= 4 is 40.4 Å². The van der Waals surface area contributed by atoms with Crippen molar-refractivity contribution in [2.24, 2.45) is 0 Å². The molecular formula is C15H9Cl2NO. The minimum Gasteiger partial charge on any atom is -0.354 e. The molecule has 1 aromatic heterocycles. The lowest BCUT2D eigenvalue weighted by Crippen LogP contribution is -1.84. The lowest BCUT2D eigenvalue weighted by Gasteiger charge is -1.99. The van der Waals surface area contributed by atoms with Crippen molar-refractivity contribution in [1.82, 2.24) is 4.98 Å². The van der Waals surface area contributed by atoms with Gasteiger partial charge in [0, 0.05) is 26.5 Å². The Bertz CT molecular complexity index is 760. The van der Waals surface area contributed by atoms with Crippen LogP contribution in [0.2, 0.25) is 10.0 Å². The molecule has 0 aliphatic rings. The second-order valence-electron chi connectivity index (χ2n) is 4.23. The molecule has 0 saturated carbocycles. The van der Waals surface area contributed by atoms with Crippen LogP contribution in [0.5, 0.6) is 0 Å². The average Bonchev–Trinajstić information content (AvgIpc) is 2.77. The highest BCUT2D eigenvalue weighted by atomic mass is 35.5. The minimum atomic E-state index is 0.609. The standard InChI is InChI=1S/C15H9Cl2NO/c16-10-3-1-9(2-4-10)15-13(8-19)12-7-11(17)5-6-14(12)18-15/h1-8,18H. The predicted octanol–water partition coefficient (Wildman–Crippen LogP) is 4.95. The Morgan fingerprint density at radius 1 is 0.947 bits per heavy atom. The van der Waals surface area contributed by atoms with E-state index in [-0.39, 0.29) is 0 Å². The Labute approximate surface area is 120 Å². The summed E-state index contributed by atoms with van der Waals surface area (Å²) in [6, 6.07) is 12.8. The number of H-pyrrole nitrogens is 1. The van der Waals surface area contributed by atoms with Crippen LogP contribution in [0.1, 0.15) is 10.4 Å². The molecule has 1 heterocycles. The number of hydrogen-bond acceptors (Lipinski definition) is 1. The zero-order valence-corrected chi connectivity index (χ0v) is 11.3. The van der Waals surface area contributed by atoms with Crippen molar-refractivity contribution in [3.63, 3.8) is 0 Å². The smallest absolute Gasteiger partial charge is 0.152 e. The number of nitrogens with one attached hydrogen (secondary N) is 1. The van der Waals surface area contributed by atoms with E-state index in [1.807, 2.05) is 18.2 Å². The topological polar surface area (TPSA) is 32.9 Å². The number of hydrogen-bond donors (Lipinski definition) is 1. The number of aromatic amines is 1. The third-order valence-electron chi connectivity index (χ3n) is 3.05. The fourth-order valence-corrected chi connectivity index (χ4v) is 2.45. The molecule has 3 aromatic rings. The first-order chi connectivity index (χ1) is 9.19. The van der Waals surface area contributed by atoms with E-state index in [0.29, 0.717) is 15.6 Å². The summed E-state index contributed by atoms with van der Waals surface area (Å²) in [4.78, 5) is 14.6. The fraction of sp³-hybridized carbons (Fsp3) is 0. The van der Waals surface area contributed by atoms with Gasteiger partial charge in [-0.25, -0.2) is 0 Å². The van der Waals surface area contributed by atoms with Crippen LogP contribution in [-0.4, -0.2) is 11.3 Å². The molecule has 0 atom stereocenters. The number of carbonyl (C=O) groups is 1. The normalized spacial score (nSPS) is 10.8. The van der Waals surface area contributed by atoms with Gasteiger partial charge in [0.15, 0.2) is 6.29 Å². The summed E-state index contributed by atoms with van der Waals surface area (Å²) < 4.78 is 0. The van der Waals surface area contributed by atoms with Gasteiger partial charge in [-0.3, -0.25) is 4.79 Å². The molecule has 3 rings (SSSR count). The number of aldehydes is 1. The summed E-state index contributed by atoms with van der Waals surface area (Å²) in [5.41, 5.74) is 3.19. The number of halogens is 2. The van der Waals surface area contributed by atoms with Gasteiger partial charge in [0.2, 0.25) is 0 Å². The highest BCUT2D eigenvalue weighted by molar-refractivity contribution is 6.31. The number of fused-ring (bicyclic) bond motifs is 1. The third-order valence-corrected chi connectivity index (χ3v) is 3.54. The Morgan fingerprint density at radius 2 is 1.63 bits per heavy atom. The molecule has 0 saturated heterocycles. The van der Waals surface area contributed by atoms with Gasteiger partial charge >= 0.3 is 0 Å². The Hall–Kier alpha value is -1.77. The molecule has 2 nitrogen and oxygen atoms in total. The Balaban J connectivity index is 2.28. The maximum Gasteiger partial charge on any atom is 0.152 e. The average molecular weight is 290 g/mol. The molecule has 1 N–H and O–H groups in total. The first-order valence-corrected chi connectivity index (χ1v) is 6.47.